The number of aromatic hydroxyl groups is 1. The lowest BCUT2D eigenvalue weighted by Crippen LogP contribution is -2.18. The zero-order valence-electron chi connectivity index (χ0n) is 10.5. The van der Waals surface area contributed by atoms with Gasteiger partial charge in [0, 0.05) is 16.8 Å². The molecule has 1 aromatic heterocycles. The van der Waals surface area contributed by atoms with Gasteiger partial charge in [0.1, 0.15) is 10.8 Å². The summed E-state index contributed by atoms with van der Waals surface area (Å²) >= 11 is 7.21. The number of thiazole rings is 1. The fourth-order valence-corrected chi connectivity index (χ4v) is 2.77. The number of phenolic OH excluding ortho intramolecular Hbond substituents is 1. The van der Waals surface area contributed by atoms with Crippen LogP contribution in [0.4, 0.5) is 0 Å². The highest BCUT2D eigenvalue weighted by molar-refractivity contribution is 7.13. The Morgan fingerprint density at radius 2 is 2.25 bits per heavy atom. The van der Waals surface area contributed by atoms with Crippen LogP contribution < -0.4 is 5.48 Å². The van der Waals surface area contributed by atoms with Crippen molar-refractivity contribution in [2.24, 2.45) is 0 Å². The first-order valence-electron chi connectivity index (χ1n) is 5.96. The van der Waals surface area contributed by atoms with Gasteiger partial charge in [-0.3, -0.25) is 10.0 Å². The molecule has 106 valence electrons. The van der Waals surface area contributed by atoms with Crippen molar-refractivity contribution in [1.29, 1.82) is 0 Å². The Kier molecular flexibility index (Phi) is 4.94. The van der Waals surface area contributed by atoms with E-state index in [4.69, 9.17) is 16.8 Å². The standard InChI is InChI=1S/C13H13ClN2O3S/c14-8-4-5-10(11(17)6-8)13-15-9(7-20-13)2-1-3-12(18)16-19/h4-7,17,19H,1-3H2,(H,16,18). The summed E-state index contributed by atoms with van der Waals surface area (Å²) in [7, 11) is 0. The molecule has 0 aliphatic heterocycles. The quantitative estimate of drug-likeness (QED) is 0.585. The minimum atomic E-state index is -0.407. The molecule has 0 aliphatic carbocycles. The van der Waals surface area contributed by atoms with Crippen LogP contribution in [-0.2, 0) is 11.2 Å². The van der Waals surface area contributed by atoms with E-state index in [1.807, 2.05) is 5.38 Å². The molecule has 0 aliphatic rings. The van der Waals surface area contributed by atoms with Crippen molar-refractivity contribution in [1.82, 2.24) is 10.5 Å². The molecule has 0 saturated heterocycles. The number of benzene rings is 1. The Hall–Kier alpha value is -1.63. The third-order valence-corrected chi connectivity index (χ3v) is 3.86. The summed E-state index contributed by atoms with van der Waals surface area (Å²) in [6.07, 6.45) is 1.48. The molecule has 0 fully saturated rings. The third-order valence-electron chi connectivity index (χ3n) is 2.70. The monoisotopic (exact) mass is 312 g/mol. The van der Waals surface area contributed by atoms with E-state index >= 15 is 0 Å². The van der Waals surface area contributed by atoms with E-state index in [0.29, 0.717) is 28.4 Å². The van der Waals surface area contributed by atoms with Gasteiger partial charge in [-0.1, -0.05) is 11.6 Å². The maximum atomic E-state index is 10.9. The summed E-state index contributed by atoms with van der Waals surface area (Å²) in [6.45, 7) is 0. The number of hydrogen-bond acceptors (Lipinski definition) is 5. The number of rotatable bonds is 5. The van der Waals surface area contributed by atoms with Crippen LogP contribution in [0.25, 0.3) is 10.6 Å². The lowest BCUT2D eigenvalue weighted by atomic mass is 10.2. The average Bonchev–Trinajstić information content (AvgIpc) is 2.87. The van der Waals surface area contributed by atoms with Crippen molar-refractivity contribution in [3.05, 3.63) is 34.3 Å². The Bertz CT molecular complexity index is 615. The normalized spacial score (nSPS) is 10.5. The minimum absolute atomic E-state index is 0.0954. The van der Waals surface area contributed by atoms with E-state index in [0.717, 1.165) is 5.69 Å². The zero-order chi connectivity index (χ0) is 14.5. The second kappa shape index (κ2) is 6.69. The zero-order valence-corrected chi connectivity index (χ0v) is 12.0. The average molecular weight is 313 g/mol. The summed E-state index contributed by atoms with van der Waals surface area (Å²) in [4.78, 5) is 15.3. The lowest BCUT2D eigenvalue weighted by Gasteiger charge is -2.01. The Morgan fingerprint density at radius 3 is 2.95 bits per heavy atom. The topological polar surface area (TPSA) is 82.5 Å². The molecule has 0 spiro atoms. The number of aromatic nitrogens is 1. The number of amides is 1. The molecule has 1 aromatic carbocycles. The molecule has 2 aromatic rings. The molecule has 0 bridgehead atoms. The van der Waals surface area contributed by atoms with Crippen molar-refractivity contribution in [3.8, 4) is 16.3 Å². The van der Waals surface area contributed by atoms with E-state index in [1.165, 1.54) is 17.4 Å². The summed E-state index contributed by atoms with van der Waals surface area (Å²) in [6, 6.07) is 4.90. The van der Waals surface area contributed by atoms with Gasteiger partial charge in [0.2, 0.25) is 5.91 Å². The largest absolute Gasteiger partial charge is 0.507 e. The minimum Gasteiger partial charge on any atom is -0.507 e. The number of nitrogens with one attached hydrogen (secondary N) is 1. The molecule has 0 atom stereocenters. The number of hydroxylamine groups is 1. The van der Waals surface area contributed by atoms with E-state index in [2.05, 4.69) is 4.98 Å². The van der Waals surface area contributed by atoms with Crippen molar-refractivity contribution in [3.63, 3.8) is 0 Å². The summed E-state index contributed by atoms with van der Waals surface area (Å²) in [5.41, 5.74) is 3.08. The van der Waals surface area contributed by atoms with Crippen LogP contribution in [-0.4, -0.2) is 21.2 Å². The van der Waals surface area contributed by atoms with Crippen LogP contribution in [0.5, 0.6) is 5.75 Å². The lowest BCUT2D eigenvalue weighted by molar-refractivity contribution is -0.129. The van der Waals surface area contributed by atoms with Gasteiger partial charge in [0.25, 0.3) is 0 Å². The highest BCUT2D eigenvalue weighted by Crippen LogP contribution is 2.33. The Labute approximate surface area is 124 Å². The van der Waals surface area contributed by atoms with Gasteiger partial charge >= 0.3 is 0 Å². The maximum Gasteiger partial charge on any atom is 0.243 e. The number of carbonyl (C=O) groups is 1. The second-order valence-corrected chi connectivity index (χ2v) is 5.49. The van der Waals surface area contributed by atoms with Crippen LogP contribution in [0.15, 0.2) is 23.6 Å². The van der Waals surface area contributed by atoms with Gasteiger partial charge in [-0.15, -0.1) is 11.3 Å². The van der Waals surface area contributed by atoms with Gasteiger partial charge < -0.3 is 5.11 Å². The van der Waals surface area contributed by atoms with Gasteiger partial charge in [0.15, 0.2) is 0 Å². The number of halogens is 1. The number of hydrogen-bond donors (Lipinski definition) is 3. The molecule has 7 heteroatoms. The molecule has 1 amide bonds. The van der Waals surface area contributed by atoms with Crippen LogP contribution in [0.1, 0.15) is 18.5 Å². The highest BCUT2D eigenvalue weighted by atomic mass is 35.5. The van der Waals surface area contributed by atoms with Crippen molar-refractivity contribution < 1.29 is 15.1 Å². The van der Waals surface area contributed by atoms with Crippen molar-refractivity contribution >= 4 is 28.8 Å². The van der Waals surface area contributed by atoms with Crippen molar-refractivity contribution in [2.45, 2.75) is 19.3 Å². The van der Waals surface area contributed by atoms with Crippen molar-refractivity contribution in [2.75, 3.05) is 0 Å². The fraction of sp³-hybridized carbons (Fsp3) is 0.231. The summed E-state index contributed by atoms with van der Waals surface area (Å²) < 4.78 is 0. The Morgan fingerprint density at radius 1 is 1.45 bits per heavy atom. The molecule has 0 unspecified atom stereocenters. The Balaban J connectivity index is 2.03. The number of aryl methyl sites for hydroxylation is 1. The highest BCUT2D eigenvalue weighted by Gasteiger charge is 2.10. The number of carbonyl (C=O) groups excluding carboxylic acids is 1. The molecule has 5 nitrogen and oxygen atoms in total. The van der Waals surface area contributed by atoms with E-state index in [9.17, 15) is 9.90 Å². The van der Waals surface area contributed by atoms with E-state index in [1.54, 1.807) is 17.6 Å². The first-order chi connectivity index (χ1) is 9.60. The second-order valence-electron chi connectivity index (χ2n) is 4.19. The molecule has 2 rings (SSSR count). The molecule has 0 saturated carbocycles. The molecular formula is C13H13ClN2O3S. The molecule has 0 radical (unpaired) electrons. The first-order valence-corrected chi connectivity index (χ1v) is 7.22. The SMILES string of the molecule is O=C(CCCc1csc(-c2ccc(Cl)cc2O)n1)NO. The van der Waals surface area contributed by atoms with Crippen LogP contribution in [0.2, 0.25) is 5.02 Å². The van der Waals surface area contributed by atoms with Gasteiger partial charge in [-0.25, -0.2) is 10.5 Å². The predicted octanol–water partition coefficient (Wildman–Crippen LogP) is 3.00. The molecule has 20 heavy (non-hydrogen) atoms. The van der Waals surface area contributed by atoms with Crippen LogP contribution >= 0.6 is 22.9 Å². The summed E-state index contributed by atoms with van der Waals surface area (Å²) in [5, 5.41) is 21.3. The number of nitrogens with zero attached hydrogens (tertiary/aromatic N) is 1. The summed E-state index contributed by atoms with van der Waals surface area (Å²) in [5.74, 6) is -0.311. The molecule has 3 N–H and O–H groups in total. The fourth-order valence-electron chi connectivity index (χ4n) is 1.72. The maximum absolute atomic E-state index is 10.9. The van der Waals surface area contributed by atoms with Crippen LogP contribution in [0.3, 0.4) is 0 Å². The number of phenols is 1. The van der Waals surface area contributed by atoms with Gasteiger partial charge in [-0.05, 0) is 31.0 Å². The van der Waals surface area contributed by atoms with Gasteiger partial charge in [0.05, 0.1) is 11.3 Å². The predicted molar refractivity (Wildman–Crippen MR) is 77.1 cm³/mol. The molecule has 1 heterocycles. The van der Waals surface area contributed by atoms with Gasteiger partial charge in [-0.2, -0.15) is 0 Å². The molecular weight excluding hydrogens is 300 g/mol. The first kappa shape index (κ1) is 14.8. The van der Waals surface area contributed by atoms with E-state index < -0.39 is 5.91 Å². The third kappa shape index (κ3) is 3.69. The van der Waals surface area contributed by atoms with Crippen LogP contribution in [0, 0.1) is 0 Å². The van der Waals surface area contributed by atoms with E-state index in [-0.39, 0.29) is 12.2 Å². The smallest absolute Gasteiger partial charge is 0.243 e.